The molecule has 16 heteroatoms. The molecule has 0 bridgehead atoms. The number of hydrogen-bond acceptors (Lipinski definition) is 15. The van der Waals surface area contributed by atoms with Gasteiger partial charge in [0.2, 0.25) is 6.23 Å². The van der Waals surface area contributed by atoms with Crippen molar-refractivity contribution in [3.8, 4) is 0 Å². The molecule has 200 valence electrons. The van der Waals surface area contributed by atoms with E-state index >= 15 is 0 Å². The molecule has 1 saturated heterocycles. The van der Waals surface area contributed by atoms with E-state index in [2.05, 4.69) is 10.2 Å². The number of rotatable bonds is 14. The molecule has 0 aromatic heterocycles. The molecule has 1 heterocycles. The van der Waals surface area contributed by atoms with Gasteiger partial charge in [0, 0.05) is 6.92 Å². The molecule has 8 unspecified atom stereocenters. The van der Waals surface area contributed by atoms with Gasteiger partial charge in [0.1, 0.15) is 49.3 Å². The molecular weight excluding hydrogens is 470 g/mol. The topological polar surface area (TPSA) is 254 Å². The van der Waals surface area contributed by atoms with E-state index < -0.39 is 93.0 Å². The maximum Gasteiger partial charge on any atom is 0.304 e. The summed E-state index contributed by atoms with van der Waals surface area (Å²) in [5, 5.41) is 81.1. The summed E-state index contributed by atoms with van der Waals surface area (Å²) in [4.78, 5) is 32.9. The maximum atomic E-state index is 12.4. The van der Waals surface area contributed by atoms with Crippen molar-refractivity contribution < 1.29 is 74.4 Å². The van der Waals surface area contributed by atoms with E-state index in [9.17, 15) is 50.4 Å². The number of nitrogens with one attached hydrogen (secondary N) is 1. The zero-order chi connectivity index (χ0) is 26.0. The minimum atomic E-state index is -2.35. The summed E-state index contributed by atoms with van der Waals surface area (Å²) >= 11 is 0. The van der Waals surface area contributed by atoms with Crippen LogP contribution < -0.4 is 5.32 Å². The highest BCUT2D eigenvalue weighted by Crippen LogP contribution is 2.25. The fourth-order valence-corrected chi connectivity index (χ4v) is 2.91. The van der Waals surface area contributed by atoms with Crippen LogP contribution in [0, 0.1) is 0 Å². The number of ether oxygens (including phenoxy) is 3. The number of aliphatic hydroxyl groups is 8. The Morgan fingerprint density at radius 2 is 1.68 bits per heavy atom. The molecule has 1 amide bonds. The fourth-order valence-electron chi connectivity index (χ4n) is 2.91. The Kier molecular flexibility index (Phi) is 13.2. The minimum Gasteiger partial charge on any atom is -0.439 e. The van der Waals surface area contributed by atoms with Crippen LogP contribution in [0.2, 0.25) is 0 Å². The lowest BCUT2D eigenvalue weighted by molar-refractivity contribution is -0.326. The van der Waals surface area contributed by atoms with Gasteiger partial charge in [-0.25, -0.2) is 9.78 Å². The SMILES string of the molecule is CCOOCC(NC(=O)C(O)C(O)C(O[C@@H]1OC(CO)[C@H](O)C(O)C1O)C(O)CO)OC(C)=O. The molecular formula is C18H33NO15. The second-order valence-corrected chi connectivity index (χ2v) is 7.28. The fraction of sp³-hybridized carbons (Fsp3) is 0.889. The Balaban J connectivity index is 2.94. The zero-order valence-electron chi connectivity index (χ0n) is 18.5. The summed E-state index contributed by atoms with van der Waals surface area (Å²) in [6.07, 6.45) is -18.7. The monoisotopic (exact) mass is 503 g/mol. The first-order chi connectivity index (χ1) is 16.0. The van der Waals surface area contributed by atoms with E-state index in [1.54, 1.807) is 6.92 Å². The largest absolute Gasteiger partial charge is 0.439 e. The summed E-state index contributed by atoms with van der Waals surface area (Å²) in [7, 11) is 0. The van der Waals surface area contributed by atoms with E-state index in [0.717, 1.165) is 6.92 Å². The van der Waals surface area contributed by atoms with Gasteiger partial charge in [-0.3, -0.25) is 9.59 Å². The van der Waals surface area contributed by atoms with E-state index in [0.29, 0.717) is 0 Å². The number of esters is 1. The first-order valence-corrected chi connectivity index (χ1v) is 10.3. The van der Waals surface area contributed by atoms with Crippen LogP contribution in [0.5, 0.6) is 0 Å². The molecule has 0 spiro atoms. The van der Waals surface area contributed by atoms with Crippen molar-refractivity contribution in [2.45, 2.75) is 75.2 Å². The van der Waals surface area contributed by atoms with Crippen molar-refractivity contribution in [2.75, 3.05) is 26.4 Å². The predicted octanol–water partition coefficient (Wildman–Crippen LogP) is -5.78. The van der Waals surface area contributed by atoms with Gasteiger partial charge in [-0.15, -0.1) is 0 Å². The van der Waals surface area contributed by atoms with Crippen LogP contribution in [0.25, 0.3) is 0 Å². The Morgan fingerprint density at radius 1 is 1.03 bits per heavy atom. The van der Waals surface area contributed by atoms with Crippen molar-refractivity contribution in [3.63, 3.8) is 0 Å². The smallest absolute Gasteiger partial charge is 0.304 e. The summed E-state index contributed by atoms with van der Waals surface area (Å²) in [5.74, 6) is -2.13. The van der Waals surface area contributed by atoms with Crippen molar-refractivity contribution in [2.24, 2.45) is 0 Å². The van der Waals surface area contributed by atoms with Gasteiger partial charge in [0.25, 0.3) is 5.91 Å². The van der Waals surface area contributed by atoms with Crippen LogP contribution in [-0.2, 0) is 33.6 Å². The molecule has 0 saturated carbocycles. The third-order valence-electron chi connectivity index (χ3n) is 4.67. The molecule has 0 aromatic rings. The second-order valence-electron chi connectivity index (χ2n) is 7.28. The molecule has 0 aromatic carbocycles. The third-order valence-corrected chi connectivity index (χ3v) is 4.67. The molecule has 1 aliphatic heterocycles. The van der Waals surface area contributed by atoms with Crippen LogP contribution in [0.1, 0.15) is 13.8 Å². The molecule has 1 rings (SSSR count). The number of aliphatic hydroxyl groups excluding tert-OH is 8. The summed E-state index contributed by atoms with van der Waals surface area (Å²) in [6, 6.07) is 0. The van der Waals surface area contributed by atoms with E-state index in [-0.39, 0.29) is 6.61 Å². The molecule has 34 heavy (non-hydrogen) atoms. The van der Waals surface area contributed by atoms with Crippen molar-refractivity contribution in [3.05, 3.63) is 0 Å². The highest BCUT2D eigenvalue weighted by Gasteiger charge is 2.47. The van der Waals surface area contributed by atoms with Gasteiger partial charge in [-0.05, 0) is 6.92 Å². The highest BCUT2D eigenvalue weighted by molar-refractivity contribution is 5.81. The first-order valence-electron chi connectivity index (χ1n) is 10.3. The van der Waals surface area contributed by atoms with Gasteiger partial charge in [0.15, 0.2) is 12.4 Å². The molecule has 16 nitrogen and oxygen atoms in total. The van der Waals surface area contributed by atoms with Crippen LogP contribution in [0.15, 0.2) is 0 Å². The third kappa shape index (κ3) is 8.59. The lowest BCUT2D eigenvalue weighted by Gasteiger charge is -2.42. The summed E-state index contributed by atoms with van der Waals surface area (Å²) in [6.45, 7) is 0.456. The van der Waals surface area contributed by atoms with E-state index in [1.807, 2.05) is 0 Å². The standard InChI is InChI=1S/C18H33NO15/c1-3-30-31-6-10(32-7(2)22)19-17(29)14(27)13(26)16(8(23)4-20)34-18-15(28)12(25)11(24)9(5-21)33-18/h8-16,18,20-21,23-28H,3-6H2,1-2H3,(H,19,29)/t8?,9?,10?,11-,12?,13?,14?,15?,16?,18-/m0/s1. The predicted molar refractivity (Wildman–Crippen MR) is 105 cm³/mol. The van der Waals surface area contributed by atoms with Gasteiger partial charge in [0.05, 0.1) is 19.8 Å². The molecule has 10 atom stereocenters. The molecule has 1 aliphatic rings. The molecule has 0 aliphatic carbocycles. The second kappa shape index (κ2) is 14.8. The highest BCUT2D eigenvalue weighted by atomic mass is 17.2. The Labute approximate surface area is 194 Å². The average molecular weight is 503 g/mol. The number of carbonyl (C=O) groups excluding carboxylic acids is 2. The number of carbonyl (C=O) groups is 2. The van der Waals surface area contributed by atoms with E-state index in [4.69, 9.17) is 19.1 Å². The summed E-state index contributed by atoms with van der Waals surface area (Å²) < 4.78 is 15.1. The lowest BCUT2D eigenvalue weighted by atomic mass is 9.98. The minimum absolute atomic E-state index is 0.137. The van der Waals surface area contributed by atoms with Crippen molar-refractivity contribution in [1.82, 2.24) is 5.32 Å². The zero-order valence-corrected chi connectivity index (χ0v) is 18.5. The normalized spacial score (nSPS) is 29.5. The first kappa shape index (κ1) is 30.5. The van der Waals surface area contributed by atoms with Gasteiger partial charge < -0.3 is 60.4 Å². The Bertz CT molecular complexity index is 622. The van der Waals surface area contributed by atoms with Crippen LogP contribution in [0.4, 0.5) is 0 Å². The maximum absolute atomic E-state index is 12.4. The van der Waals surface area contributed by atoms with Crippen LogP contribution in [0.3, 0.4) is 0 Å². The van der Waals surface area contributed by atoms with Gasteiger partial charge in [-0.2, -0.15) is 0 Å². The van der Waals surface area contributed by atoms with Crippen LogP contribution >= 0.6 is 0 Å². The quantitative estimate of drug-likeness (QED) is 0.0352. The van der Waals surface area contributed by atoms with Gasteiger partial charge in [-0.1, -0.05) is 0 Å². The van der Waals surface area contributed by atoms with Crippen molar-refractivity contribution >= 4 is 11.9 Å². The van der Waals surface area contributed by atoms with Gasteiger partial charge >= 0.3 is 5.97 Å². The average Bonchev–Trinajstić information content (AvgIpc) is 2.80. The molecule has 0 radical (unpaired) electrons. The molecule has 1 fully saturated rings. The summed E-state index contributed by atoms with van der Waals surface area (Å²) in [5.41, 5.74) is 0. The van der Waals surface area contributed by atoms with Crippen molar-refractivity contribution in [1.29, 1.82) is 0 Å². The molecule has 9 N–H and O–H groups in total. The van der Waals surface area contributed by atoms with E-state index in [1.165, 1.54) is 0 Å². The van der Waals surface area contributed by atoms with Crippen LogP contribution in [-0.4, -0.2) is 141 Å². The lowest BCUT2D eigenvalue weighted by Crippen LogP contribution is -2.62. The Hall–Kier alpha value is -1.54. The Morgan fingerprint density at radius 3 is 2.21 bits per heavy atom. The number of amides is 1. The number of hydrogen-bond donors (Lipinski definition) is 9.